The number of nitrogen functional groups attached to an aromatic ring is 1. The number of carboxylic acid groups (broad SMARTS) is 1. The molecule has 0 fully saturated rings. The Morgan fingerprint density at radius 2 is 1.94 bits per heavy atom. The Hall–Kier alpha value is -2.37. The highest BCUT2D eigenvalue weighted by atomic mass is 16.4. The molecule has 94 valence electrons. The molecule has 0 amide bonds. The first-order valence-electron chi connectivity index (χ1n) is 5.55. The molecule has 1 heterocycles. The van der Waals surface area contributed by atoms with E-state index in [-0.39, 0.29) is 11.8 Å². The van der Waals surface area contributed by atoms with E-state index in [4.69, 9.17) is 10.8 Å². The molecule has 0 atom stereocenters. The van der Waals surface area contributed by atoms with Crippen LogP contribution in [0.5, 0.6) is 0 Å². The van der Waals surface area contributed by atoms with Crippen LogP contribution in [0.3, 0.4) is 0 Å². The number of carboxylic acids is 1. The maximum atomic E-state index is 10.7. The molecule has 1 aromatic heterocycles. The summed E-state index contributed by atoms with van der Waals surface area (Å²) in [5.74, 6) is -1.01. The van der Waals surface area contributed by atoms with Crippen molar-refractivity contribution in [1.29, 1.82) is 0 Å². The van der Waals surface area contributed by atoms with Crippen molar-refractivity contribution in [3.63, 3.8) is 0 Å². The monoisotopic (exact) mass is 246 g/mol. The molecular weight excluding hydrogens is 232 g/mol. The van der Waals surface area contributed by atoms with Crippen LogP contribution in [-0.2, 0) is 0 Å². The molecule has 3 N–H and O–H groups in total. The molecule has 6 nitrogen and oxygen atoms in total. The van der Waals surface area contributed by atoms with Gasteiger partial charge in [0.1, 0.15) is 0 Å². The maximum Gasteiger partial charge on any atom is 0.375 e. The van der Waals surface area contributed by atoms with Crippen molar-refractivity contribution >= 4 is 11.9 Å². The Balaban J connectivity index is 2.39. The molecule has 2 aromatic rings. The summed E-state index contributed by atoms with van der Waals surface area (Å²) in [5.41, 5.74) is 7.52. The standard InChI is InChI=1S/C12H14N4O2/c1-7(2)8-3-5-9(6-4-8)16-12(13)14-10(15-16)11(17)18/h3-7H,1-2H3,(H,17,18)(H2,13,14,15). The van der Waals surface area contributed by atoms with Gasteiger partial charge in [-0.05, 0) is 23.6 Å². The van der Waals surface area contributed by atoms with Gasteiger partial charge in [-0.25, -0.2) is 4.79 Å². The van der Waals surface area contributed by atoms with Crippen LogP contribution < -0.4 is 5.73 Å². The zero-order valence-corrected chi connectivity index (χ0v) is 10.2. The Bertz CT molecular complexity index is 572. The first-order chi connectivity index (χ1) is 8.49. The summed E-state index contributed by atoms with van der Waals surface area (Å²) in [6.07, 6.45) is 0. The molecule has 6 heteroatoms. The van der Waals surface area contributed by atoms with Crippen molar-refractivity contribution in [3.8, 4) is 5.69 Å². The summed E-state index contributed by atoms with van der Waals surface area (Å²) in [5, 5.41) is 12.6. The van der Waals surface area contributed by atoms with Crippen LogP contribution in [0.25, 0.3) is 5.69 Å². The molecule has 0 unspecified atom stereocenters. The number of nitrogens with zero attached hydrogens (tertiary/aromatic N) is 3. The highest BCUT2D eigenvalue weighted by Gasteiger charge is 2.14. The number of benzene rings is 1. The molecule has 0 saturated heterocycles. The topological polar surface area (TPSA) is 94.0 Å². The third-order valence-electron chi connectivity index (χ3n) is 2.63. The average Bonchev–Trinajstić information content (AvgIpc) is 2.71. The van der Waals surface area contributed by atoms with Crippen LogP contribution in [0.4, 0.5) is 5.95 Å². The number of carbonyl (C=O) groups is 1. The number of rotatable bonds is 3. The second kappa shape index (κ2) is 4.48. The van der Waals surface area contributed by atoms with Gasteiger partial charge in [0.2, 0.25) is 5.95 Å². The maximum absolute atomic E-state index is 10.7. The summed E-state index contributed by atoms with van der Waals surface area (Å²) < 4.78 is 1.31. The predicted molar refractivity (Wildman–Crippen MR) is 66.8 cm³/mol. The zero-order valence-electron chi connectivity index (χ0n) is 10.2. The largest absolute Gasteiger partial charge is 0.475 e. The van der Waals surface area contributed by atoms with Crippen LogP contribution in [0.1, 0.15) is 35.9 Å². The minimum atomic E-state index is -1.20. The molecule has 0 aliphatic rings. The second-order valence-corrected chi connectivity index (χ2v) is 4.26. The summed E-state index contributed by atoms with van der Waals surface area (Å²) >= 11 is 0. The number of hydrogen-bond acceptors (Lipinski definition) is 4. The van der Waals surface area contributed by atoms with Crippen molar-refractivity contribution in [2.24, 2.45) is 0 Å². The van der Waals surface area contributed by atoms with E-state index in [2.05, 4.69) is 23.9 Å². The molecule has 0 saturated carbocycles. The Morgan fingerprint density at radius 1 is 1.33 bits per heavy atom. The smallest absolute Gasteiger partial charge is 0.375 e. The number of anilines is 1. The fourth-order valence-electron chi connectivity index (χ4n) is 1.61. The van der Waals surface area contributed by atoms with Gasteiger partial charge in [0, 0.05) is 0 Å². The van der Waals surface area contributed by atoms with Crippen molar-refractivity contribution in [3.05, 3.63) is 35.7 Å². The Labute approximate surface area is 104 Å². The minimum absolute atomic E-state index is 0.0599. The molecular formula is C12H14N4O2. The summed E-state index contributed by atoms with van der Waals surface area (Å²) in [7, 11) is 0. The van der Waals surface area contributed by atoms with Gasteiger partial charge in [-0.3, -0.25) is 0 Å². The SMILES string of the molecule is CC(C)c1ccc(-n2nc(C(=O)O)nc2N)cc1. The first-order valence-corrected chi connectivity index (χ1v) is 5.55. The lowest BCUT2D eigenvalue weighted by Gasteiger charge is -2.07. The fourth-order valence-corrected chi connectivity index (χ4v) is 1.61. The minimum Gasteiger partial charge on any atom is -0.475 e. The van der Waals surface area contributed by atoms with E-state index in [9.17, 15) is 4.79 Å². The molecule has 0 aliphatic heterocycles. The van der Waals surface area contributed by atoms with Crippen molar-refractivity contribution < 1.29 is 9.90 Å². The Kier molecular flexibility index (Phi) is 3.01. The summed E-state index contributed by atoms with van der Waals surface area (Å²) in [6, 6.07) is 7.60. The molecule has 0 radical (unpaired) electrons. The van der Waals surface area contributed by atoms with E-state index in [0.29, 0.717) is 11.6 Å². The lowest BCUT2D eigenvalue weighted by atomic mass is 10.0. The van der Waals surface area contributed by atoms with Crippen LogP contribution in [0.2, 0.25) is 0 Å². The van der Waals surface area contributed by atoms with Crippen LogP contribution in [0, 0.1) is 0 Å². The molecule has 0 aliphatic carbocycles. The number of aromatic carboxylic acids is 1. The van der Waals surface area contributed by atoms with Crippen molar-refractivity contribution in [1.82, 2.24) is 14.8 Å². The predicted octanol–water partition coefficient (Wildman–Crippen LogP) is 1.67. The average molecular weight is 246 g/mol. The lowest BCUT2D eigenvalue weighted by molar-refractivity contribution is 0.0683. The van der Waals surface area contributed by atoms with E-state index < -0.39 is 5.97 Å². The van der Waals surface area contributed by atoms with Gasteiger partial charge in [0.05, 0.1) is 5.69 Å². The van der Waals surface area contributed by atoms with Gasteiger partial charge < -0.3 is 10.8 Å². The van der Waals surface area contributed by atoms with Gasteiger partial charge in [0.25, 0.3) is 5.82 Å². The third-order valence-corrected chi connectivity index (χ3v) is 2.63. The van der Waals surface area contributed by atoms with E-state index in [1.165, 1.54) is 10.2 Å². The van der Waals surface area contributed by atoms with E-state index in [0.717, 1.165) is 0 Å². The van der Waals surface area contributed by atoms with Crippen molar-refractivity contribution in [2.75, 3.05) is 5.73 Å². The first kappa shape index (κ1) is 12.1. The van der Waals surface area contributed by atoms with Crippen LogP contribution in [0.15, 0.2) is 24.3 Å². The van der Waals surface area contributed by atoms with Gasteiger partial charge in [-0.1, -0.05) is 26.0 Å². The summed E-state index contributed by atoms with van der Waals surface area (Å²) in [6.45, 7) is 4.20. The fraction of sp³-hybridized carbons (Fsp3) is 0.250. The van der Waals surface area contributed by atoms with Gasteiger partial charge in [-0.2, -0.15) is 9.67 Å². The number of aromatic nitrogens is 3. The van der Waals surface area contributed by atoms with Crippen molar-refractivity contribution in [2.45, 2.75) is 19.8 Å². The molecule has 0 bridgehead atoms. The Morgan fingerprint density at radius 3 is 2.39 bits per heavy atom. The van der Waals surface area contributed by atoms with Crippen LogP contribution in [-0.4, -0.2) is 25.8 Å². The second-order valence-electron chi connectivity index (χ2n) is 4.26. The zero-order chi connectivity index (χ0) is 13.3. The normalized spacial score (nSPS) is 10.8. The van der Waals surface area contributed by atoms with E-state index >= 15 is 0 Å². The lowest BCUT2D eigenvalue weighted by Crippen LogP contribution is -2.03. The molecule has 18 heavy (non-hydrogen) atoms. The van der Waals surface area contributed by atoms with Gasteiger partial charge >= 0.3 is 5.97 Å². The quantitative estimate of drug-likeness (QED) is 0.859. The van der Waals surface area contributed by atoms with Gasteiger partial charge in [-0.15, -0.1) is 5.10 Å². The van der Waals surface area contributed by atoms with E-state index in [1.807, 2.05) is 24.3 Å². The number of hydrogen-bond donors (Lipinski definition) is 2. The molecule has 0 spiro atoms. The number of nitrogens with two attached hydrogens (primary N) is 1. The third kappa shape index (κ3) is 2.17. The van der Waals surface area contributed by atoms with Crippen LogP contribution >= 0.6 is 0 Å². The van der Waals surface area contributed by atoms with E-state index in [1.54, 1.807) is 0 Å². The van der Waals surface area contributed by atoms with Gasteiger partial charge in [0.15, 0.2) is 0 Å². The molecule has 1 aromatic carbocycles. The summed E-state index contributed by atoms with van der Waals surface area (Å²) in [4.78, 5) is 14.4. The highest BCUT2D eigenvalue weighted by Crippen LogP contribution is 2.17. The molecule has 2 rings (SSSR count). The highest BCUT2D eigenvalue weighted by molar-refractivity contribution is 5.83.